The van der Waals surface area contributed by atoms with Gasteiger partial charge in [-0.15, -0.1) is 0 Å². The van der Waals surface area contributed by atoms with Crippen molar-refractivity contribution in [1.29, 1.82) is 0 Å². The van der Waals surface area contributed by atoms with E-state index in [9.17, 15) is 26.9 Å². The van der Waals surface area contributed by atoms with Crippen LogP contribution in [0.4, 0.5) is 11.4 Å². The molecule has 0 aliphatic heterocycles. The molecule has 2 aromatic rings. The number of para-hydroxylation sites is 1. The number of hydrogen-bond acceptors (Lipinski definition) is 6. The van der Waals surface area contributed by atoms with Crippen LogP contribution in [0.25, 0.3) is 0 Å². The first-order chi connectivity index (χ1) is 12.0. The van der Waals surface area contributed by atoms with Gasteiger partial charge in [-0.05, 0) is 30.7 Å². The SMILES string of the molecule is Cc1ccc(S(=O)(=O)N(C)C)cc1NS(=O)(=O)c1ccccc1[N+](=O)[O-]. The molecule has 1 N–H and O–H groups in total. The van der Waals surface area contributed by atoms with E-state index in [4.69, 9.17) is 0 Å². The number of hydrogen-bond donors (Lipinski definition) is 1. The molecule has 0 atom stereocenters. The van der Waals surface area contributed by atoms with Crippen LogP contribution in [0.15, 0.2) is 52.3 Å². The van der Waals surface area contributed by atoms with E-state index >= 15 is 0 Å². The smallest absolute Gasteiger partial charge is 0.279 e. The van der Waals surface area contributed by atoms with Crippen LogP contribution in [0.3, 0.4) is 0 Å². The Bertz CT molecular complexity index is 1060. The predicted octanol–water partition coefficient (Wildman–Crippen LogP) is 1.95. The third-order valence-electron chi connectivity index (χ3n) is 3.58. The van der Waals surface area contributed by atoms with Crippen LogP contribution < -0.4 is 4.72 Å². The summed E-state index contributed by atoms with van der Waals surface area (Å²) in [6.07, 6.45) is 0. The molecule has 0 radical (unpaired) electrons. The predicted molar refractivity (Wildman–Crippen MR) is 96.0 cm³/mol. The summed E-state index contributed by atoms with van der Waals surface area (Å²) in [6, 6.07) is 8.89. The fraction of sp³-hybridized carbons (Fsp3) is 0.200. The van der Waals surface area contributed by atoms with Crippen molar-refractivity contribution in [3.63, 3.8) is 0 Å². The number of nitrogens with zero attached hydrogens (tertiary/aromatic N) is 2. The molecule has 9 nitrogen and oxygen atoms in total. The lowest BCUT2D eigenvalue weighted by atomic mass is 10.2. The highest BCUT2D eigenvalue weighted by Gasteiger charge is 2.26. The number of aryl methyl sites for hydroxylation is 1. The summed E-state index contributed by atoms with van der Waals surface area (Å²) < 4.78 is 52.9. The minimum Gasteiger partial charge on any atom is -0.279 e. The zero-order valence-corrected chi connectivity index (χ0v) is 15.8. The molecule has 2 rings (SSSR count). The van der Waals surface area contributed by atoms with Crippen molar-refractivity contribution in [3.8, 4) is 0 Å². The van der Waals surface area contributed by atoms with Crippen LogP contribution >= 0.6 is 0 Å². The number of benzene rings is 2. The van der Waals surface area contributed by atoms with E-state index in [1.807, 2.05) is 0 Å². The summed E-state index contributed by atoms with van der Waals surface area (Å²) in [4.78, 5) is 9.67. The van der Waals surface area contributed by atoms with Gasteiger partial charge in [-0.1, -0.05) is 18.2 Å². The second-order valence-corrected chi connectivity index (χ2v) is 9.40. The maximum Gasteiger partial charge on any atom is 0.289 e. The van der Waals surface area contributed by atoms with E-state index < -0.39 is 35.6 Å². The summed E-state index contributed by atoms with van der Waals surface area (Å²) >= 11 is 0. The summed E-state index contributed by atoms with van der Waals surface area (Å²) in [7, 11) is -5.35. The van der Waals surface area contributed by atoms with Gasteiger partial charge in [0, 0.05) is 20.2 Å². The van der Waals surface area contributed by atoms with Crippen molar-refractivity contribution < 1.29 is 21.8 Å². The van der Waals surface area contributed by atoms with Gasteiger partial charge in [0.15, 0.2) is 4.90 Å². The van der Waals surface area contributed by atoms with Gasteiger partial charge in [0.1, 0.15) is 0 Å². The Kier molecular flexibility index (Phi) is 5.35. The number of nitro benzene ring substituents is 1. The van der Waals surface area contributed by atoms with Gasteiger partial charge < -0.3 is 0 Å². The molecule has 0 unspecified atom stereocenters. The number of rotatable bonds is 6. The standard InChI is InChI=1S/C15H17N3O6S2/c1-11-8-9-12(26(23,24)17(2)3)10-13(11)16-25(21,22)15-7-5-4-6-14(15)18(19)20/h4-10,16H,1-3H3. The van der Waals surface area contributed by atoms with Gasteiger partial charge in [0.05, 0.1) is 15.5 Å². The van der Waals surface area contributed by atoms with Crippen LogP contribution in [0.2, 0.25) is 0 Å². The van der Waals surface area contributed by atoms with E-state index in [0.29, 0.717) is 5.56 Å². The molecule has 0 amide bonds. The van der Waals surface area contributed by atoms with Crippen LogP contribution in [-0.2, 0) is 20.0 Å². The van der Waals surface area contributed by atoms with E-state index in [1.165, 1.54) is 44.4 Å². The molecule has 11 heteroatoms. The average Bonchev–Trinajstić information content (AvgIpc) is 2.56. The molecule has 0 spiro atoms. The van der Waals surface area contributed by atoms with E-state index in [-0.39, 0.29) is 10.6 Å². The van der Waals surface area contributed by atoms with Gasteiger partial charge >= 0.3 is 0 Å². The Balaban J connectivity index is 2.53. The van der Waals surface area contributed by atoms with E-state index in [2.05, 4.69) is 4.72 Å². The Morgan fingerprint density at radius 2 is 1.65 bits per heavy atom. The zero-order valence-electron chi connectivity index (χ0n) is 14.2. The fourth-order valence-electron chi connectivity index (χ4n) is 2.12. The lowest BCUT2D eigenvalue weighted by molar-refractivity contribution is -0.387. The fourth-order valence-corrected chi connectivity index (χ4v) is 4.34. The summed E-state index contributed by atoms with van der Waals surface area (Å²) in [6.45, 7) is 1.59. The van der Waals surface area contributed by atoms with Gasteiger partial charge in [0.25, 0.3) is 15.7 Å². The first kappa shape index (κ1) is 19.8. The van der Waals surface area contributed by atoms with Crippen LogP contribution in [0.1, 0.15) is 5.56 Å². The molecule has 140 valence electrons. The van der Waals surface area contributed by atoms with Gasteiger partial charge in [-0.3, -0.25) is 14.8 Å². The molecule has 0 saturated heterocycles. The van der Waals surface area contributed by atoms with Crippen molar-refractivity contribution in [3.05, 3.63) is 58.1 Å². The molecule has 0 bridgehead atoms. The van der Waals surface area contributed by atoms with Crippen molar-refractivity contribution >= 4 is 31.4 Å². The molecule has 0 heterocycles. The van der Waals surface area contributed by atoms with E-state index in [0.717, 1.165) is 16.4 Å². The molecular formula is C15H17N3O6S2. The molecule has 0 fully saturated rings. The first-order valence-electron chi connectivity index (χ1n) is 7.26. The third kappa shape index (κ3) is 3.84. The van der Waals surface area contributed by atoms with Crippen LogP contribution in [0.5, 0.6) is 0 Å². The largest absolute Gasteiger partial charge is 0.289 e. The molecule has 0 aliphatic rings. The Morgan fingerprint density at radius 3 is 2.23 bits per heavy atom. The van der Waals surface area contributed by atoms with Crippen molar-refractivity contribution in [2.24, 2.45) is 0 Å². The normalized spacial score (nSPS) is 12.2. The molecule has 26 heavy (non-hydrogen) atoms. The summed E-state index contributed by atoms with van der Waals surface area (Å²) in [5.74, 6) is 0. The number of anilines is 1. The number of sulfonamides is 2. The third-order valence-corrected chi connectivity index (χ3v) is 6.81. The average molecular weight is 399 g/mol. The lowest BCUT2D eigenvalue weighted by Crippen LogP contribution is -2.22. The van der Waals surface area contributed by atoms with Crippen LogP contribution in [-0.4, -0.2) is 40.2 Å². The van der Waals surface area contributed by atoms with Gasteiger partial charge in [0.2, 0.25) is 10.0 Å². The van der Waals surface area contributed by atoms with Crippen LogP contribution in [0, 0.1) is 17.0 Å². The summed E-state index contributed by atoms with van der Waals surface area (Å²) in [5.41, 5.74) is -0.0920. The summed E-state index contributed by atoms with van der Waals surface area (Å²) in [5, 5.41) is 11.1. The monoisotopic (exact) mass is 399 g/mol. The first-order valence-corrected chi connectivity index (χ1v) is 10.2. The topological polar surface area (TPSA) is 127 Å². The molecule has 0 saturated carbocycles. The lowest BCUT2D eigenvalue weighted by Gasteiger charge is -2.15. The highest BCUT2D eigenvalue weighted by molar-refractivity contribution is 7.93. The molecular weight excluding hydrogens is 382 g/mol. The maximum atomic E-state index is 12.6. The Labute approximate surface area is 151 Å². The molecule has 0 aliphatic carbocycles. The van der Waals surface area contributed by atoms with Crippen molar-refractivity contribution in [1.82, 2.24) is 4.31 Å². The minimum absolute atomic E-state index is 0.0195. The van der Waals surface area contributed by atoms with Gasteiger partial charge in [-0.2, -0.15) is 0 Å². The molecule has 0 aromatic heterocycles. The Morgan fingerprint density at radius 1 is 1.04 bits per heavy atom. The highest BCUT2D eigenvalue weighted by Crippen LogP contribution is 2.28. The highest BCUT2D eigenvalue weighted by atomic mass is 32.2. The van der Waals surface area contributed by atoms with E-state index in [1.54, 1.807) is 6.92 Å². The second-order valence-electron chi connectivity index (χ2n) is 5.59. The van der Waals surface area contributed by atoms with Crippen molar-refractivity contribution in [2.45, 2.75) is 16.7 Å². The maximum absolute atomic E-state index is 12.6. The number of nitrogens with one attached hydrogen (secondary N) is 1. The van der Waals surface area contributed by atoms with Gasteiger partial charge in [-0.25, -0.2) is 21.1 Å². The minimum atomic E-state index is -4.29. The zero-order chi connectivity index (χ0) is 19.7. The van der Waals surface area contributed by atoms with Crippen molar-refractivity contribution in [2.75, 3.05) is 18.8 Å². The number of nitro groups is 1. The Hall–Kier alpha value is -2.50. The quantitative estimate of drug-likeness (QED) is 0.584. The molecule has 2 aromatic carbocycles. The second kappa shape index (κ2) is 7.02.